The average Bonchev–Trinajstić information content (AvgIpc) is 1.83. The van der Waals surface area contributed by atoms with Crippen LogP contribution in [-0.4, -0.2) is 18.4 Å². The molecule has 0 radical (unpaired) electrons. The van der Waals surface area contributed by atoms with Crippen molar-refractivity contribution in [3.63, 3.8) is 0 Å². The van der Waals surface area contributed by atoms with E-state index in [4.69, 9.17) is 0 Å². The van der Waals surface area contributed by atoms with Crippen LogP contribution in [0.25, 0.3) is 0 Å². The second-order valence-electron chi connectivity index (χ2n) is 1.16. The van der Waals surface area contributed by atoms with E-state index >= 15 is 0 Å². The lowest BCUT2D eigenvalue weighted by molar-refractivity contribution is -0.117. The molecule has 0 spiro atoms. The van der Waals surface area contributed by atoms with Crippen LogP contribution in [-0.2, 0) is 9.59 Å². The second kappa shape index (κ2) is 4.18. The molecule has 0 bridgehead atoms. The number of aldehydes is 1. The van der Waals surface area contributed by atoms with Crippen LogP contribution < -0.4 is 0 Å². The first-order valence-corrected chi connectivity index (χ1v) is 2.32. The van der Waals surface area contributed by atoms with E-state index in [-0.39, 0.29) is 5.91 Å². The summed E-state index contributed by atoms with van der Waals surface area (Å²) in [4.78, 5) is 23.0. The Kier molecular flexibility index (Phi) is 3.66. The maximum atomic E-state index is 10.2. The Hall–Kier alpha value is -0.990. The Labute approximate surface area is 47.4 Å². The molecule has 0 aliphatic heterocycles. The molecule has 0 aromatic carbocycles. The second-order valence-corrected chi connectivity index (χ2v) is 1.16. The van der Waals surface area contributed by atoms with Gasteiger partial charge in [0.1, 0.15) is 0 Å². The third kappa shape index (κ3) is 3.21. The number of amides is 1. The lowest BCUT2D eigenvalue weighted by Crippen LogP contribution is -1.89. The van der Waals surface area contributed by atoms with Crippen LogP contribution in [0.3, 0.4) is 0 Å². The number of hydrogen-bond acceptors (Lipinski definition) is 2. The Morgan fingerprint density at radius 3 is 2.75 bits per heavy atom. The fourth-order valence-corrected chi connectivity index (χ4v) is 0.205. The summed E-state index contributed by atoms with van der Waals surface area (Å²) >= 11 is 0. The van der Waals surface area contributed by atoms with Gasteiger partial charge in [-0.3, -0.25) is 9.59 Å². The molecule has 0 unspecified atom stereocenters. The van der Waals surface area contributed by atoms with Gasteiger partial charge >= 0.3 is 0 Å². The van der Waals surface area contributed by atoms with Crippen LogP contribution >= 0.6 is 0 Å². The van der Waals surface area contributed by atoms with Crippen molar-refractivity contribution in [3.8, 4) is 0 Å². The molecule has 0 aliphatic carbocycles. The van der Waals surface area contributed by atoms with Gasteiger partial charge in [-0.1, -0.05) is 6.92 Å². The summed E-state index contributed by atoms with van der Waals surface area (Å²) < 4.78 is 0. The first-order chi connectivity index (χ1) is 3.81. The molecule has 0 aromatic rings. The van der Waals surface area contributed by atoms with E-state index in [1.807, 2.05) is 0 Å². The van der Waals surface area contributed by atoms with Crippen LogP contribution in [0.1, 0.15) is 13.3 Å². The van der Waals surface area contributed by atoms with E-state index in [1.54, 1.807) is 6.92 Å². The van der Waals surface area contributed by atoms with Crippen LogP contribution in [0.15, 0.2) is 4.99 Å². The topological polar surface area (TPSA) is 46.5 Å². The Balaban J connectivity index is 3.52. The predicted octanol–water partition coefficient (Wildman–Crippen LogP) is 0.193. The normalized spacial score (nSPS) is 9.62. The van der Waals surface area contributed by atoms with E-state index in [9.17, 15) is 9.59 Å². The van der Waals surface area contributed by atoms with Gasteiger partial charge in [0.25, 0.3) is 0 Å². The summed E-state index contributed by atoms with van der Waals surface area (Å²) in [6.07, 6.45) is 1.78. The van der Waals surface area contributed by atoms with E-state index < -0.39 is 0 Å². The molecule has 0 aromatic heterocycles. The van der Waals surface area contributed by atoms with Crippen molar-refractivity contribution in [1.82, 2.24) is 0 Å². The van der Waals surface area contributed by atoms with E-state index in [0.717, 1.165) is 6.21 Å². The summed E-state index contributed by atoms with van der Waals surface area (Å²) in [6, 6.07) is 0. The molecule has 8 heavy (non-hydrogen) atoms. The maximum absolute atomic E-state index is 10.2. The Morgan fingerprint density at radius 1 is 1.75 bits per heavy atom. The zero-order valence-electron chi connectivity index (χ0n) is 4.63. The van der Waals surface area contributed by atoms with Gasteiger partial charge in [-0.2, -0.15) is 0 Å². The highest BCUT2D eigenvalue weighted by Gasteiger charge is 1.86. The molecule has 3 heteroatoms. The molecular formula is C5H7NO2. The number of carbonyl (C=O) groups excluding carboxylic acids is 2. The molecule has 44 valence electrons. The number of carbonyl (C=O) groups is 2. The summed E-state index contributed by atoms with van der Waals surface area (Å²) in [7, 11) is 0. The monoisotopic (exact) mass is 113 g/mol. The SMILES string of the molecule is CCC(=O)N=CC=O. The average molecular weight is 113 g/mol. The Morgan fingerprint density at radius 2 is 2.38 bits per heavy atom. The molecule has 0 rings (SSSR count). The van der Waals surface area contributed by atoms with Crippen molar-refractivity contribution in [1.29, 1.82) is 0 Å². The molecule has 0 saturated heterocycles. The highest BCUT2D eigenvalue weighted by atomic mass is 16.1. The molecule has 0 atom stereocenters. The number of hydrogen-bond donors (Lipinski definition) is 0. The van der Waals surface area contributed by atoms with Crippen molar-refractivity contribution in [2.75, 3.05) is 0 Å². The van der Waals surface area contributed by atoms with Gasteiger partial charge in [0.2, 0.25) is 5.91 Å². The van der Waals surface area contributed by atoms with Crippen molar-refractivity contribution < 1.29 is 9.59 Å². The summed E-state index contributed by atoms with van der Waals surface area (Å²) in [5.41, 5.74) is 0. The first kappa shape index (κ1) is 7.01. The van der Waals surface area contributed by atoms with Crippen molar-refractivity contribution in [2.24, 2.45) is 4.99 Å². The third-order valence-electron chi connectivity index (χ3n) is 0.582. The highest BCUT2D eigenvalue weighted by molar-refractivity contribution is 6.15. The minimum atomic E-state index is -0.267. The van der Waals surface area contributed by atoms with E-state index in [2.05, 4.69) is 4.99 Å². The van der Waals surface area contributed by atoms with Gasteiger partial charge in [0, 0.05) is 6.42 Å². The van der Waals surface area contributed by atoms with Crippen LogP contribution in [0.5, 0.6) is 0 Å². The largest absolute Gasteiger partial charge is 0.297 e. The maximum Gasteiger partial charge on any atom is 0.245 e. The number of nitrogens with zero attached hydrogens (tertiary/aromatic N) is 1. The fourth-order valence-electron chi connectivity index (χ4n) is 0.205. The lowest BCUT2D eigenvalue weighted by atomic mass is 10.5. The van der Waals surface area contributed by atoms with Crippen LogP contribution in [0, 0.1) is 0 Å². The summed E-state index contributed by atoms with van der Waals surface area (Å²) in [5, 5.41) is 0. The van der Waals surface area contributed by atoms with Gasteiger partial charge < -0.3 is 0 Å². The molecular weight excluding hydrogens is 106 g/mol. The van der Waals surface area contributed by atoms with Gasteiger partial charge in [-0.15, -0.1) is 0 Å². The molecule has 0 fully saturated rings. The van der Waals surface area contributed by atoms with E-state index in [0.29, 0.717) is 12.7 Å². The van der Waals surface area contributed by atoms with Gasteiger partial charge in [-0.25, -0.2) is 4.99 Å². The van der Waals surface area contributed by atoms with E-state index in [1.165, 1.54) is 0 Å². The predicted molar refractivity (Wildman–Crippen MR) is 29.9 cm³/mol. The first-order valence-electron chi connectivity index (χ1n) is 2.32. The van der Waals surface area contributed by atoms with Crippen molar-refractivity contribution >= 4 is 18.4 Å². The van der Waals surface area contributed by atoms with Crippen LogP contribution in [0.2, 0.25) is 0 Å². The van der Waals surface area contributed by atoms with Crippen molar-refractivity contribution in [3.05, 3.63) is 0 Å². The fraction of sp³-hybridized carbons (Fsp3) is 0.400. The quantitative estimate of drug-likeness (QED) is 0.379. The summed E-state index contributed by atoms with van der Waals surface area (Å²) in [6.45, 7) is 1.68. The van der Waals surface area contributed by atoms with Gasteiger partial charge in [-0.05, 0) is 0 Å². The van der Waals surface area contributed by atoms with Gasteiger partial charge in [0.15, 0.2) is 6.29 Å². The number of rotatable bonds is 2. The minimum absolute atomic E-state index is 0.267. The third-order valence-corrected chi connectivity index (χ3v) is 0.582. The molecule has 0 N–H and O–H groups in total. The standard InChI is InChI=1S/C5H7NO2/c1-2-5(8)6-3-4-7/h3-4H,2H2,1H3. The lowest BCUT2D eigenvalue weighted by Gasteiger charge is -1.78. The number of aliphatic imine (C=N–C) groups is 1. The molecule has 1 amide bonds. The zero-order chi connectivity index (χ0) is 6.41. The minimum Gasteiger partial charge on any atom is -0.297 e. The molecule has 0 heterocycles. The molecule has 0 aliphatic rings. The zero-order valence-corrected chi connectivity index (χ0v) is 4.63. The molecule has 3 nitrogen and oxygen atoms in total. The smallest absolute Gasteiger partial charge is 0.245 e. The highest BCUT2D eigenvalue weighted by Crippen LogP contribution is 1.77. The molecule has 0 saturated carbocycles. The van der Waals surface area contributed by atoms with Gasteiger partial charge in [0.05, 0.1) is 6.21 Å². The van der Waals surface area contributed by atoms with Crippen molar-refractivity contribution in [2.45, 2.75) is 13.3 Å². The van der Waals surface area contributed by atoms with Crippen LogP contribution in [0.4, 0.5) is 0 Å². The Bertz CT molecular complexity index is 118. The summed E-state index contributed by atoms with van der Waals surface area (Å²) in [5.74, 6) is -0.267.